The Bertz CT molecular complexity index is 766. The third kappa shape index (κ3) is 6.39. The van der Waals surface area contributed by atoms with Crippen LogP contribution in [-0.2, 0) is 16.1 Å². The third-order valence-electron chi connectivity index (χ3n) is 4.07. The first-order valence-electron chi connectivity index (χ1n) is 8.58. The van der Waals surface area contributed by atoms with E-state index in [1.54, 1.807) is 24.1 Å². The number of nitrogens with zero attached hydrogens (tertiary/aromatic N) is 1. The van der Waals surface area contributed by atoms with E-state index in [0.717, 1.165) is 9.13 Å². The number of carbonyl (C=O) groups excluding carboxylic acids is 2. The maximum Gasteiger partial charge on any atom is 0.261 e. The van der Waals surface area contributed by atoms with Gasteiger partial charge in [-0.25, -0.2) is 0 Å². The highest BCUT2D eigenvalue weighted by Gasteiger charge is 2.28. The molecule has 7 heteroatoms. The average molecular weight is 501 g/mol. The first-order chi connectivity index (χ1) is 12.9. The molecule has 2 aromatic rings. The summed E-state index contributed by atoms with van der Waals surface area (Å²) in [6.45, 7) is 2.04. The lowest BCUT2D eigenvalue weighted by Gasteiger charge is -2.30. The van der Waals surface area contributed by atoms with Gasteiger partial charge in [-0.2, -0.15) is 0 Å². The molecule has 1 atom stereocenters. The van der Waals surface area contributed by atoms with Crippen LogP contribution in [0.5, 0.6) is 5.75 Å². The Kier molecular flexibility index (Phi) is 8.37. The molecule has 0 fully saturated rings. The van der Waals surface area contributed by atoms with Crippen LogP contribution in [-0.4, -0.2) is 36.4 Å². The van der Waals surface area contributed by atoms with Gasteiger partial charge in [-0.3, -0.25) is 9.59 Å². The van der Waals surface area contributed by atoms with Crippen LogP contribution in [0.1, 0.15) is 18.9 Å². The van der Waals surface area contributed by atoms with E-state index in [9.17, 15) is 9.59 Å². The average Bonchev–Trinajstić information content (AvgIpc) is 2.68. The van der Waals surface area contributed by atoms with Gasteiger partial charge in [0, 0.05) is 22.2 Å². The van der Waals surface area contributed by atoms with Crippen LogP contribution >= 0.6 is 34.2 Å². The Labute approximate surface area is 178 Å². The summed E-state index contributed by atoms with van der Waals surface area (Å²) < 4.78 is 6.71. The number of carbonyl (C=O) groups is 2. The Balaban J connectivity index is 2.15. The van der Waals surface area contributed by atoms with E-state index < -0.39 is 6.04 Å². The molecule has 5 nitrogen and oxygen atoms in total. The highest BCUT2D eigenvalue weighted by Crippen LogP contribution is 2.17. The minimum absolute atomic E-state index is 0.137. The first kappa shape index (κ1) is 21.5. The topological polar surface area (TPSA) is 58.6 Å². The Morgan fingerprint density at radius 3 is 2.33 bits per heavy atom. The fraction of sp³-hybridized carbons (Fsp3) is 0.300. The van der Waals surface area contributed by atoms with Gasteiger partial charge in [0.2, 0.25) is 5.91 Å². The van der Waals surface area contributed by atoms with Crippen molar-refractivity contribution in [1.82, 2.24) is 10.2 Å². The summed E-state index contributed by atoms with van der Waals surface area (Å²) in [5.41, 5.74) is 0.893. The molecule has 0 aliphatic heterocycles. The van der Waals surface area contributed by atoms with E-state index in [4.69, 9.17) is 16.3 Å². The van der Waals surface area contributed by atoms with Crippen LogP contribution in [0.15, 0.2) is 48.5 Å². The van der Waals surface area contributed by atoms with Crippen molar-refractivity contribution in [1.29, 1.82) is 0 Å². The molecule has 27 heavy (non-hydrogen) atoms. The molecule has 0 bridgehead atoms. The van der Waals surface area contributed by atoms with E-state index in [1.807, 2.05) is 43.3 Å². The summed E-state index contributed by atoms with van der Waals surface area (Å²) >= 11 is 8.14. The molecule has 0 aliphatic carbocycles. The van der Waals surface area contributed by atoms with Crippen LogP contribution in [0.2, 0.25) is 5.02 Å². The molecule has 0 spiro atoms. The zero-order valence-electron chi connectivity index (χ0n) is 15.2. The van der Waals surface area contributed by atoms with E-state index >= 15 is 0 Å². The van der Waals surface area contributed by atoms with Crippen molar-refractivity contribution in [3.8, 4) is 5.75 Å². The summed E-state index contributed by atoms with van der Waals surface area (Å²) in [4.78, 5) is 26.7. The van der Waals surface area contributed by atoms with Crippen molar-refractivity contribution in [2.45, 2.75) is 25.9 Å². The zero-order chi connectivity index (χ0) is 19.8. The number of benzene rings is 2. The largest absolute Gasteiger partial charge is 0.484 e. The van der Waals surface area contributed by atoms with Gasteiger partial charge in [0.1, 0.15) is 11.8 Å². The molecule has 1 N–H and O–H groups in total. The first-order valence-corrected chi connectivity index (χ1v) is 10.0. The van der Waals surface area contributed by atoms with Gasteiger partial charge < -0.3 is 15.0 Å². The van der Waals surface area contributed by atoms with Crippen LogP contribution in [0, 0.1) is 3.57 Å². The number of rotatable bonds is 8. The number of hydrogen-bond donors (Lipinski definition) is 1. The molecular formula is C20H22ClIN2O3. The number of hydrogen-bond acceptors (Lipinski definition) is 3. The Hall–Kier alpha value is -1.80. The summed E-state index contributed by atoms with van der Waals surface area (Å²) in [5.74, 6) is 0.163. The Morgan fingerprint density at radius 1 is 1.15 bits per heavy atom. The molecule has 0 heterocycles. The van der Waals surface area contributed by atoms with Crippen LogP contribution < -0.4 is 10.1 Å². The second-order valence-corrected chi connectivity index (χ2v) is 7.61. The number of nitrogens with one attached hydrogen (secondary N) is 1. The van der Waals surface area contributed by atoms with E-state index in [0.29, 0.717) is 23.7 Å². The lowest BCUT2D eigenvalue weighted by atomic mass is 10.1. The molecule has 2 amide bonds. The lowest BCUT2D eigenvalue weighted by Crippen LogP contribution is -2.49. The molecule has 0 radical (unpaired) electrons. The summed E-state index contributed by atoms with van der Waals surface area (Å²) in [6.07, 6.45) is 0.503. The number of amides is 2. The highest BCUT2D eigenvalue weighted by atomic mass is 127. The second-order valence-electron chi connectivity index (χ2n) is 5.93. The van der Waals surface area contributed by atoms with E-state index in [1.165, 1.54) is 0 Å². The maximum absolute atomic E-state index is 12.9. The predicted octanol–water partition coefficient (Wildman–Crippen LogP) is 3.88. The molecule has 2 rings (SSSR count). The minimum atomic E-state index is -0.571. The minimum Gasteiger partial charge on any atom is -0.484 e. The van der Waals surface area contributed by atoms with Crippen molar-refractivity contribution >= 4 is 46.0 Å². The fourth-order valence-electron chi connectivity index (χ4n) is 2.63. The molecular weight excluding hydrogens is 479 g/mol. The van der Waals surface area contributed by atoms with Gasteiger partial charge in [-0.15, -0.1) is 0 Å². The van der Waals surface area contributed by atoms with Crippen molar-refractivity contribution in [2.24, 2.45) is 0 Å². The van der Waals surface area contributed by atoms with E-state index in [-0.39, 0.29) is 18.4 Å². The van der Waals surface area contributed by atoms with Crippen LogP contribution in [0.3, 0.4) is 0 Å². The predicted molar refractivity (Wildman–Crippen MR) is 115 cm³/mol. The van der Waals surface area contributed by atoms with E-state index in [2.05, 4.69) is 27.9 Å². The molecule has 2 aromatic carbocycles. The van der Waals surface area contributed by atoms with Crippen molar-refractivity contribution in [2.75, 3.05) is 13.7 Å². The highest BCUT2D eigenvalue weighted by molar-refractivity contribution is 14.1. The van der Waals surface area contributed by atoms with Crippen molar-refractivity contribution < 1.29 is 14.3 Å². The van der Waals surface area contributed by atoms with Gasteiger partial charge in [0.05, 0.1) is 0 Å². The quantitative estimate of drug-likeness (QED) is 0.560. The summed E-state index contributed by atoms with van der Waals surface area (Å²) in [7, 11) is 1.57. The fourth-order valence-corrected chi connectivity index (χ4v) is 3.12. The number of likely N-dealkylation sites (N-methyl/N-ethyl adjacent to an activating group) is 1. The van der Waals surface area contributed by atoms with Crippen LogP contribution in [0.4, 0.5) is 0 Å². The normalized spacial score (nSPS) is 11.6. The third-order valence-corrected chi connectivity index (χ3v) is 5.05. The number of ether oxygens (including phenoxy) is 1. The standard InChI is InChI=1S/C20H22ClIN2O3/c1-3-18(20(26)23-2)24(12-14-4-6-15(21)7-5-14)19(25)13-27-17-10-8-16(22)9-11-17/h4-11,18H,3,12-13H2,1-2H3,(H,23,26). The second kappa shape index (κ2) is 10.5. The van der Waals surface area contributed by atoms with Gasteiger partial charge in [0.15, 0.2) is 6.61 Å². The molecule has 0 aliphatic rings. The van der Waals surface area contributed by atoms with Gasteiger partial charge in [0.25, 0.3) is 5.91 Å². The van der Waals surface area contributed by atoms with Gasteiger partial charge >= 0.3 is 0 Å². The number of halogens is 2. The maximum atomic E-state index is 12.9. The molecule has 144 valence electrons. The monoisotopic (exact) mass is 500 g/mol. The van der Waals surface area contributed by atoms with Gasteiger partial charge in [-0.1, -0.05) is 30.7 Å². The van der Waals surface area contributed by atoms with Crippen molar-refractivity contribution in [3.05, 3.63) is 62.7 Å². The Morgan fingerprint density at radius 2 is 1.78 bits per heavy atom. The summed E-state index contributed by atoms with van der Waals surface area (Å²) in [6, 6.07) is 14.1. The zero-order valence-corrected chi connectivity index (χ0v) is 18.2. The SMILES string of the molecule is CCC(C(=O)NC)N(Cc1ccc(Cl)cc1)C(=O)COc1ccc(I)cc1. The molecule has 0 saturated heterocycles. The molecule has 0 saturated carbocycles. The molecule has 0 aromatic heterocycles. The lowest BCUT2D eigenvalue weighted by molar-refractivity contribution is -0.142. The van der Waals surface area contributed by atoms with Crippen LogP contribution in [0.25, 0.3) is 0 Å². The summed E-state index contributed by atoms with van der Waals surface area (Å²) in [5, 5.41) is 3.25. The van der Waals surface area contributed by atoms with Gasteiger partial charge in [-0.05, 0) is 71.0 Å². The van der Waals surface area contributed by atoms with Crippen molar-refractivity contribution in [3.63, 3.8) is 0 Å². The smallest absolute Gasteiger partial charge is 0.261 e. The molecule has 1 unspecified atom stereocenters.